The number of hydrogen-bond acceptors (Lipinski definition) is 0. The van der Waals surface area contributed by atoms with Crippen LogP contribution in [0.4, 0.5) is 0 Å². The fourth-order valence-electron chi connectivity index (χ4n) is 1.98. The molecule has 2 rings (SSSR count). The molecule has 0 aliphatic heterocycles. The predicted octanol–water partition coefficient (Wildman–Crippen LogP) is 5.25. The van der Waals surface area contributed by atoms with Gasteiger partial charge in [-0.25, -0.2) is 0 Å². The van der Waals surface area contributed by atoms with Gasteiger partial charge in [0.1, 0.15) is 0 Å². The van der Waals surface area contributed by atoms with Gasteiger partial charge in [0.2, 0.25) is 0 Å². The van der Waals surface area contributed by atoms with Crippen molar-refractivity contribution in [2.45, 2.75) is 26.7 Å². The maximum atomic E-state index is 2.24. The molecule has 0 saturated carbocycles. The highest BCUT2D eigenvalue weighted by Crippen LogP contribution is 2.20. The van der Waals surface area contributed by atoms with Gasteiger partial charge in [0.15, 0.2) is 0 Å². The molecular weight excluding hydrogens is 216 g/mol. The zero-order valence-corrected chi connectivity index (χ0v) is 11.2. The molecule has 0 aliphatic rings. The van der Waals surface area contributed by atoms with Gasteiger partial charge >= 0.3 is 0 Å². The van der Waals surface area contributed by atoms with Gasteiger partial charge in [0.05, 0.1) is 0 Å². The van der Waals surface area contributed by atoms with Gasteiger partial charge < -0.3 is 0 Å². The van der Waals surface area contributed by atoms with Crippen LogP contribution in [0.3, 0.4) is 0 Å². The van der Waals surface area contributed by atoms with Crippen LogP contribution in [-0.2, 0) is 6.42 Å². The highest BCUT2D eigenvalue weighted by molar-refractivity contribution is 5.63. The third-order valence-electron chi connectivity index (χ3n) is 3.36. The minimum atomic E-state index is 1.13. The molecule has 0 atom stereocenters. The summed E-state index contributed by atoms with van der Waals surface area (Å²) in [4.78, 5) is 0. The maximum absolute atomic E-state index is 2.24. The first kappa shape index (κ1) is 12.6. The molecule has 0 N–H and O–H groups in total. The van der Waals surface area contributed by atoms with Crippen molar-refractivity contribution in [3.8, 4) is 11.1 Å². The molecule has 92 valence electrons. The summed E-state index contributed by atoms with van der Waals surface area (Å²) in [5.74, 6) is 0. The minimum absolute atomic E-state index is 1.13. The summed E-state index contributed by atoms with van der Waals surface area (Å²) in [5.41, 5.74) is 5.45. The fraction of sp³-hybridized carbons (Fsp3) is 0.222. The number of hydrogen-bond donors (Lipinski definition) is 0. The quantitative estimate of drug-likeness (QED) is 0.636. The zero-order valence-electron chi connectivity index (χ0n) is 11.2. The molecule has 0 aliphatic carbocycles. The van der Waals surface area contributed by atoms with Gasteiger partial charge in [-0.05, 0) is 43.4 Å². The first-order chi connectivity index (χ1) is 8.79. The first-order valence-electron chi connectivity index (χ1n) is 6.56. The van der Waals surface area contributed by atoms with Crippen molar-refractivity contribution in [2.75, 3.05) is 0 Å². The van der Waals surface area contributed by atoms with E-state index < -0.39 is 0 Å². The standard InChI is InChI=1S/C18H20/c1-3-15(2)9-10-16-11-13-18(14-12-16)17-7-5-4-6-8-17/h3-8,11-14H,9-10H2,1-2H3. The molecule has 2 aromatic rings. The second kappa shape index (κ2) is 6.20. The molecule has 0 fully saturated rings. The largest absolute Gasteiger partial charge is 0.0887 e. The Bertz CT molecular complexity index is 503. The third-order valence-corrected chi connectivity index (χ3v) is 3.36. The Morgan fingerprint density at radius 3 is 2.11 bits per heavy atom. The van der Waals surface area contributed by atoms with E-state index in [-0.39, 0.29) is 0 Å². The molecule has 0 unspecified atom stereocenters. The molecule has 0 amide bonds. The van der Waals surface area contributed by atoms with Crippen LogP contribution in [-0.4, -0.2) is 0 Å². The van der Waals surface area contributed by atoms with Crippen LogP contribution in [0.25, 0.3) is 11.1 Å². The molecule has 0 saturated heterocycles. The Kier molecular flexibility index (Phi) is 4.35. The van der Waals surface area contributed by atoms with Gasteiger partial charge in [-0.3, -0.25) is 0 Å². The van der Waals surface area contributed by atoms with Crippen molar-refractivity contribution in [2.24, 2.45) is 0 Å². The Balaban J connectivity index is 2.06. The van der Waals surface area contributed by atoms with Gasteiger partial charge in [-0.1, -0.05) is 66.2 Å². The van der Waals surface area contributed by atoms with Crippen LogP contribution in [0.15, 0.2) is 66.2 Å². The number of aryl methyl sites for hydroxylation is 1. The Morgan fingerprint density at radius 2 is 1.50 bits per heavy atom. The molecule has 0 aromatic heterocycles. The summed E-state index contributed by atoms with van der Waals surface area (Å²) in [6, 6.07) is 19.4. The van der Waals surface area contributed by atoms with Crippen molar-refractivity contribution < 1.29 is 0 Å². The lowest BCUT2D eigenvalue weighted by Gasteiger charge is -2.05. The highest BCUT2D eigenvalue weighted by Gasteiger charge is 1.98. The molecule has 0 nitrogen and oxygen atoms in total. The smallest absolute Gasteiger partial charge is 0.0184 e. The van der Waals surface area contributed by atoms with E-state index in [1.54, 1.807) is 0 Å². The monoisotopic (exact) mass is 236 g/mol. The van der Waals surface area contributed by atoms with E-state index in [2.05, 4.69) is 74.5 Å². The second-order valence-corrected chi connectivity index (χ2v) is 4.70. The van der Waals surface area contributed by atoms with Gasteiger partial charge in [-0.15, -0.1) is 0 Å². The second-order valence-electron chi connectivity index (χ2n) is 4.70. The van der Waals surface area contributed by atoms with E-state index in [4.69, 9.17) is 0 Å². The Hall–Kier alpha value is -1.82. The summed E-state index contributed by atoms with van der Waals surface area (Å²) in [6.45, 7) is 4.30. The van der Waals surface area contributed by atoms with Crippen LogP contribution < -0.4 is 0 Å². The normalized spacial score (nSPS) is 11.6. The average Bonchev–Trinajstić information content (AvgIpc) is 2.46. The molecular formula is C18H20. The van der Waals surface area contributed by atoms with Crippen molar-refractivity contribution >= 4 is 0 Å². The predicted molar refractivity (Wildman–Crippen MR) is 79.6 cm³/mol. The first-order valence-corrected chi connectivity index (χ1v) is 6.56. The van der Waals surface area contributed by atoms with Gasteiger partial charge in [0, 0.05) is 0 Å². The van der Waals surface area contributed by atoms with Crippen LogP contribution in [0.5, 0.6) is 0 Å². The van der Waals surface area contributed by atoms with E-state index >= 15 is 0 Å². The van der Waals surface area contributed by atoms with Gasteiger partial charge in [-0.2, -0.15) is 0 Å². The lowest BCUT2D eigenvalue weighted by atomic mass is 10.0. The summed E-state index contributed by atoms with van der Waals surface area (Å²) in [7, 11) is 0. The molecule has 0 radical (unpaired) electrons. The van der Waals surface area contributed by atoms with Crippen LogP contribution in [0.1, 0.15) is 25.8 Å². The maximum Gasteiger partial charge on any atom is -0.0184 e. The Morgan fingerprint density at radius 1 is 0.889 bits per heavy atom. The molecule has 0 heterocycles. The van der Waals surface area contributed by atoms with Crippen LogP contribution >= 0.6 is 0 Å². The van der Waals surface area contributed by atoms with Crippen LogP contribution in [0.2, 0.25) is 0 Å². The highest BCUT2D eigenvalue weighted by atomic mass is 14.0. The Labute approximate surface area is 110 Å². The van der Waals surface area contributed by atoms with Crippen LogP contribution in [0, 0.1) is 0 Å². The van der Waals surface area contributed by atoms with Crippen molar-refractivity contribution in [1.82, 2.24) is 0 Å². The van der Waals surface area contributed by atoms with E-state index in [1.165, 1.54) is 22.3 Å². The molecule has 0 heteroatoms. The number of allylic oxidation sites excluding steroid dienone is 2. The minimum Gasteiger partial charge on any atom is -0.0887 e. The summed E-state index contributed by atoms with van der Waals surface area (Å²) >= 11 is 0. The topological polar surface area (TPSA) is 0 Å². The van der Waals surface area contributed by atoms with E-state index in [9.17, 15) is 0 Å². The molecule has 2 aromatic carbocycles. The average molecular weight is 236 g/mol. The number of rotatable bonds is 4. The zero-order chi connectivity index (χ0) is 12.8. The molecule has 18 heavy (non-hydrogen) atoms. The summed E-state index contributed by atoms with van der Waals surface area (Å²) in [6.07, 6.45) is 4.48. The van der Waals surface area contributed by atoms with Crippen molar-refractivity contribution in [3.05, 3.63) is 71.8 Å². The van der Waals surface area contributed by atoms with Crippen molar-refractivity contribution in [1.29, 1.82) is 0 Å². The summed E-state index contributed by atoms with van der Waals surface area (Å²) in [5, 5.41) is 0. The summed E-state index contributed by atoms with van der Waals surface area (Å²) < 4.78 is 0. The van der Waals surface area contributed by atoms with E-state index in [0.29, 0.717) is 0 Å². The third kappa shape index (κ3) is 3.33. The van der Waals surface area contributed by atoms with E-state index in [0.717, 1.165) is 12.8 Å². The SMILES string of the molecule is CC=C(C)CCc1ccc(-c2ccccc2)cc1. The van der Waals surface area contributed by atoms with Crippen molar-refractivity contribution in [3.63, 3.8) is 0 Å². The van der Waals surface area contributed by atoms with E-state index in [1.807, 2.05) is 0 Å². The molecule has 0 spiro atoms. The fourth-order valence-corrected chi connectivity index (χ4v) is 1.98. The lowest BCUT2D eigenvalue weighted by molar-refractivity contribution is 0.938. The molecule has 0 bridgehead atoms. The van der Waals surface area contributed by atoms with Gasteiger partial charge in [0.25, 0.3) is 0 Å². The number of benzene rings is 2. The lowest BCUT2D eigenvalue weighted by Crippen LogP contribution is -1.87.